The first-order valence-electron chi connectivity index (χ1n) is 6.26. The number of rotatable bonds is 5. The zero-order valence-corrected chi connectivity index (χ0v) is 12.9. The number of nitrogens with zero attached hydrogens (tertiary/aromatic N) is 1. The van der Waals surface area contributed by atoms with Gasteiger partial charge in [0.1, 0.15) is 0 Å². The van der Waals surface area contributed by atoms with Crippen LogP contribution in [0.25, 0.3) is 0 Å². The van der Waals surface area contributed by atoms with E-state index in [9.17, 15) is 13.2 Å². The third-order valence-electron chi connectivity index (χ3n) is 3.18. The second-order valence-corrected chi connectivity index (χ2v) is 7.61. The van der Waals surface area contributed by atoms with Crippen LogP contribution in [0.5, 0.6) is 0 Å². The molecule has 104 valence electrons. The molecule has 1 fully saturated rings. The molecule has 19 heavy (non-hydrogen) atoms. The summed E-state index contributed by atoms with van der Waals surface area (Å²) in [4.78, 5) is 11.9. The maximum Gasteiger partial charge on any atom is 0.214 e. The molecule has 0 bridgehead atoms. The van der Waals surface area contributed by atoms with Crippen molar-refractivity contribution in [2.45, 2.75) is 19.3 Å². The van der Waals surface area contributed by atoms with Crippen molar-refractivity contribution in [1.29, 1.82) is 0 Å². The topological polar surface area (TPSA) is 54.5 Å². The van der Waals surface area contributed by atoms with Crippen molar-refractivity contribution in [2.75, 3.05) is 18.8 Å². The zero-order valence-electron chi connectivity index (χ0n) is 10.5. The number of hydrogen-bond acceptors (Lipinski definition) is 3. The highest BCUT2D eigenvalue weighted by atomic mass is 79.9. The molecular weight excluding hydrogens is 330 g/mol. The summed E-state index contributed by atoms with van der Waals surface area (Å²) in [5, 5.41) is 0. The summed E-state index contributed by atoms with van der Waals surface area (Å²) in [5.74, 6) is 0.303. The molecule has 1 saturated heterocycles. The van der Waals surface area contributed by atoms with Gasteiger partial charge in [-0.3, -0.25) is 4.79 Å². The molecule has 0 aliphatic carbocycles. The molecule has 0 radical (unpaired) electrons. The summed E-state index contributed by atoms with van der Waals surface area (Å²) in [5.41, 5.74) is 0.674. The van der Waals surface area contributed by atoms with Gasteiger partial charge in [-0.05, 0) is 25.0 Å². The van der Waals surface area contributed by atoms with Crippen molar-refractivity contribution in [1.82, 2.24) is 4.31 Å². The second kappa shape index (κ2) is 6.15. The average Bonchev–Trinajstić information content (AvgIpc) is 2.69. The average molecular weight is 346 g/mol. The van der Waals surface area contributed by atoms with Crippen molar-refractivity contribution < 1.29 is 13.2 Å². The SMILES string of the molecule is O=C(CCCN1CCCS1(=O)=O)c1ccc(Br)cc1. The van der Waals surface area contributed by atoms with Crippen LogP contribution in [0.3, 0.4) is 0 Å². The van der Waals surface area contributed by atoms with Crippen LogP contribution in [0.2, 0.25) is 0 Å². The highest BCUT2D eigenvalue weighted by molar-refractivity contribution is 9.10. The van der Waals surface area contributed by atoms with E-state index in [1.807, 2.05) is 12.1 Å². The van der Waals surface area contributed by atoms with Gasteiger partial charge in [-0.25, -0.2) is 12.7 Å². The Bertz CT molecular complexity index is 554. The molecule has 0 atom stereocenters. The number of carbonyl (C=O) groups excluding carboxylic acids is 1. The molecule has 4 nitrogen and oxygen atoms in total. The highest BCUT2D eigenvalue weighted by Gasteiger charge is 2.27. The van der Waals surface area contributed by atoms with Crippen LogP contribution < -0.4 is 0 Å². The Labute approximate surface area is 122 Å². The van der Waals surface area contributed by atoms with E-state index in [4.69, 9.17) is 0 Å². The first-order valence-corrected chi connectivity index (χ1v) is 8.66. The van der Waals surface area contributed by atoms with Gasteiger partial charge in [0.2, 0.25) is 10.0 Å². The molecule has 1 aromatic rings. The van der Waals surface area contributed by atoms with E-state index in [1.165, 1.54) is 4.31 Å². The fourth-order valence-electron chi connectivity index (χ4n) is 2.14. The zero-order chi connectivity index (χ0) is 13.9. The van der Waals surface area contributed by atoms with Crippen molar-refractivity contribution in [2.24, 2.45) is 0 Å². The lowest BCUT2D eigenvalue weighted by atomic mass is 10.1. The van der Waals surface area contributed by atoms with Gasteiger partial charge >= 0.3 is 0 Å². The normalized spacial score (nSPS) is 18.6. The van der Waals surface area contributed by atoms with Gasteiger partial charge in [-0.2, -0.15) is 0 Å². The van der Waals surface area contributed by atoms with Crippen LogP contribution in [0.4, 0.5) is 0 Å². The minimum atomic E-state index is -3.04. The maximum absolute atomic E-state index is 11.9. The Morgan fingerprint density at radius 3 is 2.53 bits per heavy atom. The van der Waals surface area contributed by atoms with Crippen LogP contribution >= 0.6 is 15.9 Å². The Morgan fingerprint density at radius 1 is 1.26 bits per heavy atom. The summed E-state index contributed by atoms with van der Waals surface area (Å²) in [6.07, 6.45) is 1.66. The molecule has 0 aromatic heterocycles. The minimum absolute atomic E-state index is 0.0593. The highest BCUT2D eigenvalue weighted by Crippen LogP contribution is 2.16. The lowest BCUT2D eigenvalue weighted by Crippen LogP contribution is -2.27. The number of halogens is 1. The number of hydrogen-bond donors (Lipinski definition) is 0. The van der Waals surface area contributed by atoms with Gasteiger partial charge in [-0.15, -0.1) is 0 Å². The molecule has 0 saturated carbocycles. The van der Waals surface area contributed by atoms with Crippen molar-refractivity contribution in [3.63, 3.8) is 0 Å². The third-order valence-corrected chi connectivity index (χ3v) is 5.67. The lowest BCUT2D eigenvalue weighted by molar-refractivity contribution is 0.0978. The van der Waals surface area contributed by atoms with E-state index >= 15 is 0 Å². The van der Waals surface area contributed by atoms with Gasteiger partial charge in [0.25, 0.3) is 0 Å². The largest absolute Gasteiger partial charge is 0.294 e. The predicted molar refractivity (Wildman–Crippen MR) is 77.7 cm³/mol. The Hall–Kier alpha value is -0.720. The van der Waals surface area contributed by atoms with E-state index < -0.39 is 10.0 Å². The van der Waals surface area contributed by atoms with Crippen LogP contribution in [0.15, 0.2) is 28.7 Å². The fourth-order valence-corrected chi connectivity index (χ4v) is 3.97. The van der Waals surface area contributed by atoms with E-state index in [0.29, 0.717) is 37.9 Å². The molecular formula is C13H16BrNO3S. The Morgan fingerprint density at radius 2 is 1.95 bits per heavy atom. The first-order chi connectivity index (χ1) is 8.99. The summed E-state index contributed by atoms with van der Waals surface area (Å²) in [7, 11) is -3.04. The smallest absolute Gasteiger partial charge is 0.214 e. The number of ketones is 1. The monoisotopic (exact) mass is 345 g/mol. The third kappa shape index (κ3) is 3.87. The van der Waals surface area contributed by atoms with E-state index in [2.05, 4.69) is 15.9 Å². The number of benzene rings is 1. The molecule has 1 aromatic carbocycles. The molecule has 0 N–H and O–H groups in total. The predicted octanol–water partition coefficient (Wildman–Crippen LogP) is 2.45. The van der Waals surface area contributed by atoms with Crippen LogP contribution in [-0.2, 0) is 10.0 Å². The number of Topliss-reactive ketones (excluding diaryl/α,β-unsaturated/α-hetero) is 1. The number of carbonyl (C=O) groups is 1. The molecule has 1 aliphatic rings. The van der Waals surface area contributed by atoms with Gasteiger partial charge < -0.3 is 0 Å². The first kappa shape index (κ1) is 14.7. The van der Waals surface area contributed by atoms with Crippen molar-refractivity contribution in [3.05, 3.63) is 34.3 Å². The van der Waals surface area contributed by atoms with Crippen molar-refractivity contribution in [3.8, 4) is 0 Å². The second-order valence-electron chi connectivity index (χ2n) is 4.60. The standard InChI is InChI=1S/C13H16BrNO3S/c14-12-6-4-11(5-7-12)13(16)3-1-8-15-9-2-10-19(15,17)18/h4-7H,1-3,8-10H2. The van der Waals surface area contributed by atoms with Crippen LogP contribution in [0.1, 0.15) is 29.6 Å². The lowest BCUT2D eigenvalue weighted by Gasteiger charge is -2.13. The number of sulfonamides is 1. The quantitative estimate of drug-likeness (QED) is 0.770. The summed E-state index contributed by atoms with van der Waals surface area (Å²) in [6.45, 7) is 1.04. The molecule has 0 spiro atoms. The molecule has 2 rings (SSSR count). The van der Waals surface area contributed by atoms with E-state index in [-0.39, 0.29) is 11.5 Å². The summed E-state index contributed by atoms with van der Waals surface area (Å²) >= 11 is 3.32. The molecule has 0 unspecified atom stereocenters. The van der Waals surface area contributed by atoms with Gasteiger partial charge in [0.05, 0.1) is 5.75 Å². The van der Waals surface area contributed by atoms with Gasteiger partial charge in [0, 0.05) is 29.5 Å². The summed E-state index contributed by atoms with van der Waals surface area (Å²) < 4.78 is 25.6. The van der Waals surface area contributed by atoms with Gasteiger partial charge in [-0.1, -0.05) is 28.1 Å². The minimum Gasteiger partial charge on any atom is -0.294 e. The molecule has 6 heteroatoms. The Kier molecular flexibility index (Phi) is 4.76. The molecule has 1 heterocycles. The van der Waals surface area contributed by atoms with Gasteiger partial charge in [0.15, 0.2) is 5.78 Å². The summed E-state index contributed by atoms with van der Waals surface area (Å²) in [6, 6.07) is 7.22. The van der Waals surface area contributed by atoms with E-state index in [1.54, 1.807) is 12.1 Å². The van der Waals surface area contributed by atoms with Crippen LogP contribution in [-0.4, -0.2) is 37.3 Å². The van der Waals surface area contributed by atoms with E-state index in [0.717, 1.165) is 4.47 Å². The maximum atomic E-state index is 11.9. The van der Waals surface area contributed by atoms with Crippen molar-refractivity contribution >= 4 is 31.7 Å². The molecule has 1 aliphatic heterocycles. The Balaban J connectivity index is 1.83. The fraction of sp³-hybridized carbons (Fsp3) is 0.462. The molecule has 0 amide bonds. The van der Waals surface area contributed by atoms with Crippen LogP contribution in [0, 0.1) is 0 Å².